The van der Waals surface area contributed by atoms with Gasteiger partial charge in [0.05, 0.1) is 24.4 Å². The van der Waals surface area contributed by atoms with Crippen LogP contribution in [0, 0.1) is 13.8 Å². The lowest BCUT2D eigenvalue weighted by Crippen LogP contribution is -2.51. The Morgan fingerprint density at radius 2 is 2.00 bits per heavy atom. The molecule has 202 valence electrons. The maximum absolute atomic E-state index is 13.5. The van der Waals surface area contributed by atoms with Crippen molar-refractivity contribution >= 4 is 23.5 Å². The number of carbonyl (C=O) groups excluding carboxylic acids is 2. The number of nitrogens with zero attached hydrogens (tertiary/aromatic N) is 4. The van der Waals surface area contributed by atoms with Crippen LogP contribution in [0.15, 0.2) is 59.3 Å². The predicted octanol–water partition coefficient (Wildman–Crippen LogP) is 3.67. The Morgan fingerprint density at radius 1 is 1.18 bits per heavy atom. The van der Waals surface area contributed by atoms with Crippen LogP contribution in [-0.4, -0.2) is 55.8 Å². The van der Waals surface area contributed by atoms with Gasteiger partial charge in [-0.1, -0.05) is 29.8 Å². The van der Waals surface area contributed by atoms with Crippen molar-refractivity contribution in [2.75, 3.05) is 18.5 Å². The maximum atomic E-state index is 13.5. The number of aryl methyl sites for hydroxylation is 3. The van der Waals surface area contributed by atoms with Gasteiger partial charge >= 0.3 is 0 Å². The number of hydrogen-bond acceptors (Lipinski definition) is 7. The third kappa shape index (κ3) is 5.28. The molecule has 10 nitrogen and oxygen atoms in total. The van der Waals surface area contributed by atoms with Gasteiger partial charge in [0.1, 0.15) is 29.2 Å². The van der Waals surface area contributed by atoms with E-state index in [-0.39, 0.29) is 18.4 Å². The van der Waals surface area contributed by atoms with Crippen LogP contribution in [0.25, 0.3) is 11.3 Å². The summed E-state index contributed by atoms with van der Waals surface area (Å²) in [5, 5.41) is 20.2. The molecule has 39 heavy (non-hydrogen) atoms. The largest absolute Gasteiger partial charge is 0.460 e. The number of anilines is 2. The van der Waals surface area contributed by atoms with Gasteiger partial charge in [0.2, 0.25) is 5.91 Å². The number of hydrogen-bond donors (Lipinski definition) is 3. The number of rotatable bonds is 8. The average molecular weight is 529 g/mol. The molecule has 2 amide bonds. The minimum Gasteiger partial charge on any atom is -0.460 e. The molecule has 1 aliphatic rings. The van der Waals surface area contributed by atoms with Crippen molar-refractivity contribution in [1.29, 1.82) is 0 Å². The van der Waals surface area contributed by atoms with Gasteiger partial charge in [-0.2, -0.15) is 5.10 Å². The number of furan rings is 1. The summed E-state index contributed by atoms with van der Waals surface area (Å²) in [6, 6.07) is 11.8. The highest BCUT2D eigenvalue weighted by atomic mass is 16.3. The SMILES string of the molecule is Cc1cccc([C@@H](CO)NC(=O)[C@@H](C)N2CCc3oc(-c4cc(Nc5ccnn5C)ncc4C)cc3C2=O)c1. The van der Waals surface area contributed by atoms with E-state index in [2.05, 4.69) is 20.7 Å². The van der Waals surface area contributed by atoms with Crippen molar-refractivity contribution in [1.82, 2.24) is 25.0 Å². The molecule has 0 spiro atoms. The standard InChI is InChI=1S/C29H32N6O4/c1-17-6-5-7-20(12-17)23(16-36)32-28(37)19(3)35-11-9-24-22(29(35)38)13-25(39-24)21-14-26(30-15-18(21)2)33-27-8-10-31-34(27)4/h5-8,10,12-15,19,23,36H,9,11,16H2,1-4H3,(H,30,33)(H,32,37)/t19-,23-/m1/s1. The quantitative estimate of drug-likeness (QED) is 0.319. The topological polar surface area (TPSA) is 126 Å². The van der Waals surface area contributed by atoms with Gasteiger partial charge < -0.3 is 25.1 Å². The predicted molar refractivity (Wildman–Crippen MR) is 147 cm³/mol. The Hall–Kier alpha value is -4.44. The molecule has 0 unspecified atom stereocenters. The number of aromatic nitrogens is 3. The van der Waals surface area contributed by atoms with Gasteiger partial charge in [-0.25, -0.2) is 4.98 Å². The van der Waals surface area contributed by atoms with Crippen molar-refractivity contribution in [3.8, 4) is 11.3 Å². The second kappa shape index (κ2) is 10.7. The molecule has 0 fully saturated rings. The van der Waals surface area contributed by atoms with Gasteiger partial charge in [0, 0.05) is 37.8 Å². The molecule has 10 heteroatoms. The molecule has 1 aromatic carbocycles. The summed E-state index contributed by atoms with van der Waals surface area (Å²) in [4.78, 5) is 32.6. The van der Waals surface area contributed by atoms with Crippen molar-refractivity contribution in [2.45, 2.75) is 39.3 Å². The number of amides is 2. The first-order valence-corrected chi connectivity index (χ1v) is 12.9. The number of benzene rings is 1. The normalized spacial score (nSPS) is 14.6. The monoisotopic (exact) mass is 528 g/mol. The molecular weight excluding hydrogens is 496 g/mol. The Kier molecular flexibility index (Phi) is 7.21. The second-order valence-electron chi connectivity index (χ2n) is 9.88. The molecule has 0 aliphatic carbocycles. The summed E-state index contributed by atoms with van der Waals surface area (Å²) in [6.45, 7) is 5.70. The minimum absolute atomic E-state index is 0.242. The van der Waals surface area contributed by atoms with Crippen molar-refractivity contribution < 1.29 is 19.1 Å². The minimum atomic E-state index is -0.722. The van der Waals surface area contributed by atoms with Crippen molar-refractivity contribution in [3.05, 3.63) is 82.9 Å². The van der Waals surface area contributed by atoms with Gasteiger partial charge in [0.25, 0.3) is 5.91 Å². The summed E-state index contributed by atoms with van der Waals surface area (Å²) >= 11 is 0. The number of aliphatic hydroxyl groups excluding tert-OH is 1. The van der Waals surface area contributed by atoms with Crippen molar-refractivity contribution in [3.63, 3.8) is 0 Å². The number of aliphatic hydroxyl groups is 1. The summed E-state index contributed by atoms with van der Waals surface area (Å²) in [7, 11) is 1.84. The van der Waals surface area contributed by atoms with Gasteiger partial charge in [-0.15, -0.1) is 0 Å². The van der Waals surface area contributed by atoms with Crippen LogP contribution in [-0.2, 0) is 18.3 Å². The van der Waals surface area contributed by atoms with E-state index in [1.807, 2.05) is 57.3 Å². The first kappa shape index (κ1) is 26.2. The van der Waals surface area contributed by atoms with E-state index >= 15 is 0 Å². The fourth-order valence-electron chi connectivity index (χ4n) is 4.82. The summed E-state index contributed by atoms with van der Waals surface area (Å²) in [5.74, 6) is 2.00. The van der Waals surface area contributed by atoms with Crippen LogP contribution in [0.2, 0.25) is 0 Å². The molecule has 1 aliphatic heterocycles. The fourth-order valence-corrected chi connectivity index (χ4v) is 4.82. The Labute approximate surface area is 226 Å². The zero-order valence-corrected chi connectivity index (χ0v) is 22.4. The third-order valence-electron chi connectivity index (χ3n) is 7.12. The van der Waals surface area contributed by atoms with E-state index in [1.165, 1.54) is 0 Å². The van der Waals surface area contributed by atoms with E-state index in [1.54, 1.807) is 35.0 Å². The fraction of sp³-hybridized carbons (Fsp3) is 0.310. The van der Waals surface area contributed by atoms with Crippen LogP contribution in [0.5, 0.6) is 0 Å². The molecule has 2 atom stereocenters. The number of pyridine rings is 1. The van der Waals surface area contributed by atoms with Crippen molar-refractivity contribution in [2.24, 2.45) is 7.05 Å². The highest BCUT2D eigenvalue weighted by Gasteiger charge is 2.34. The molecule has 3 N–H and O–H groups in total. The lowest BCUT2D eigenvalue weighted by atomic mass is 10.0. The summed E-state index contributed by atoms with van der Waals surface area (Å²) < 4.78 is 7.85. The van der Waals surface area contributed by atoms with E-state index in [9.17, 15) is 14.7 Å². The van der Waals surface area contributed by atoms with Crippen LogP contribution in [0.3, 0.4) is 0 Å². The maximum Gasteiger partial charge on any atom is 0.258 e. The van der Waals surface area contributed by atoms with Gasteiger partial charge in [0.15, 0.2) is 0 Å². The lowest BCUT2D eigenvalue weighted by Gasteiger charge is -2.32. The summed E-state index contributed by atoms with van der Waals surface area (Å²) in [6.07, 6.45) is 3.94. The first-order chi connectivity index (χ1) is 18.7. The number of carbonyl (C=O) groups is 2. The molecule has 4 aromatic rings. The molecule has 3 aromatic heterocycles. The highest BCUT2D eigenvalue weighted by Crippen LogP contribution is 2.33. The number of fused-ring (bicyclic) bond motifs is 1. The van der Waals surface area contributed by atoms with Gasteiger partial charge in [-0.3, -0.25) is 14.3 Å². The zero-order chi connectivity index (χ0) is 27.7. The molecule has 4 heterocycles. The zero-order valence-electron chi connectivity index (χ0n) is 22.4. The molecule has 5 rings (SSSR count). The Balaban J connectivity index is 1.33. The third-order valence-corrected chi connectivity index (χ3v) is 7.12. The number of nitrogens with one attached hydrogen (secondary N) is 2. The summed E-state index contributed by atoms with van der Waals surface area (Å²) in [5.41, 5.74) is 4.02. The molecule has 0 saturated carbocycles. The van der Waals surface area contributed by atoms with Crippen LogP contribution >= 0.6 is 0 Å². The van der Waals surface area contributed by atoms with E-state index < -0.39 is 12.1 Å². The smallest absolute Gasteiger partial charge is 0.258 e. The van der Waals surface area contributed by atoms with Crippen LogP contribution in [0.1, 0.15) is 45.8 Å². The van der Waals surface area contributed by atoms with Gasteiger partial charge in [-0.05, 0) is 44.0 Å². The van der Waals surface area contributed by atoms with E-state index in [0.29, 0.717) is 35.9 Å². The lowest BCUT2D eigenvalue weighted by molar-refractivity contribution is -0.126. The van der Waals surface area contributed by atoms with Crippen LogP contribution < -0.4 is 10.6 Å². The molecule has 0 bridgehead atoms. The van der Waals surface area contributed by atoms with E-state index in [4.69, 9.17) is 4.42 Å². The Bertz CT molecular complexity index is 1520. The second-order valence-corrected chi connectivity index (χ2v) is 9.88. The average Bonchev–Trinajstić information content (AvgIpc) is 3.54. The highest BCUT2D eigenvalue weighted by molar-refractivity contribution is 6.00. The Morgan fingerprint density at radius 3 is 2.72 bits per heavy atom. The molecule has 0 saturated heterocycles. The molecular formula is C29H32N6O4. The molecule has 0 radical (unpaired) electrons. The van der Waals surface area contributed by atoms with E-state index in [0.717, 1.165) is 28.1 Å². The first-order valence-electron chi connectivity index (χ1n) is 12.9. The van der Waals surface area contributed by atoms with Crippen LogP contribution in [0.4, 0.5) is 11.6 Å².